The van der Waals surface area contributed by atoms with Crippen molar-refractivity contribution in [2.45, 2.75) is 38.5 Å². The van der Waals surface area contributed by atoms with Gasteiger partial charge >= 0.3 is 6.18 Å². The second kappa shape index (κ2) is 6.43. The van der Waals surface area contributed by atoms with E-state index in [0.717, 1.165) is 53.2 Å². The summed E-state index contributed by atoms with van der Waals surface area (Å²) in [6, 6.07) is 5.64. The van der Waals surface area contributed by atoms with E-state index >= 15 is 0 Å². The molecule has 0 saturated heterocycles. The number of imidazole rings is 1. The van der Waals surface area contributed by atoms with Crippen molar-refractivity contribution in [3.63, 3.8) is 0 Å². The predicted octanol–water partition coefficient (Wildman–Crippen LogP) is 4.09. The number of hydrogen-bond donors (Lipinski definition) is 1. The highest BCUT2D eigenvalue weighted by Crippen LogP contribution is 2.30. The molecule has 1 aliphatic heterocycles. The van der Waals surface area contributed by atoms with Crippen LogP contribution in [0.4, 0.5) is 13.2 Å². The SMILES string of the molecule is Cc1nc(I)c2n1CCNC2CCc1ccc(C(F)(F)F)cc1. The maximum Gasteiger partial charge on any atom is 0.416 e. The van der Waals surface area contributed by atoms with E-state index in [2.05, 4.69) is 37.5 Å². The van der Waals surface area contributed by atoms with Gasteiger partial charge in [0.15, 0.2) is 0 Å². The highest BCUT2D eigenvalue weighted by atomic mass is 127. The molecule has 124 valence electrons. The zero-order valence-corrected chi connectivity index (χ0v) is 14.8. The van der Waals surface area contributed by atoms with Crippen molar-refractivity contribution in [3.8, 4) is 0 Å². The molecule has 23 heavy (non-hydrogen) atoms. The molecule has 2 heterocycles. The molecular formula is C16H17F3IN3. The zero-order chi connectivity index (χ0) is 16.6. The lowest BCUT2D eigenvalue weighted by molar-refractivity contribution is -0.137. The molecule has 0 fully saturated rings. The van der Waals surface area contributed by atoms with Gasteiger partial charge in [-0.2, -0.15) is 13.2 Å². The van der Waals surface area contributed by atoms with Crippen molar-refractivity contribution in [1.82, 2.24) is 14.9 Å². The maximum absolute atomic E-state index is 12.6. The highest BCUT2D eigenvalue weighted by molar-refractivity contribution is 14.1. The van der Waals surface area contributed by atoms with E-state index in [0.29, 0.717) is 0 Å². The minimum absolute atomic E-state index is 0.194. The third kappa shape index (κ3) is 3.55. The van der Waals surface area contributed by atoms with Crippen LogP contribution < -0.4 is 5.32 Å². The summed E-state index contributed by atoms with van der Waals surface area (Å²) in [6.45, 7) is 3.80. The maximum atomic E-state index is 12.6. The van der Waals surface area contributed by atoms with Crippen LogP contribution in [0, 0.1) is 10.6 Å². The van der Waals surface area contributed by atoms with Gasteiger partial charge in [0.25, 0.3) is 0 Å². The Morgan fingerprint density at radius 2 is 2.00 bits per heavy atom. The summed E-state index contributed by atoms with van der Waals surface area (Å²) in [5.74, 6) is 1.02. The molecule has 2 aromatic rings. The van der Waals surface area contributed by atoms with Gasteiger partial charge in [-0.3, -0.25) is 0 Å². The monoisotopic (exact) mass is 435 g/mol. The van der Waals surface area contributed by atoms with E-state index in [1.165, 1.54) is 5.69 Å². The van der Waals surface area contributed by atoms with Crippen molar-refractivity contribution in [1.29, 1.82) is 0 Å². The standard InChI is InChI=1S/C16H17F3IN3/c1-10-22-15(20)14-13(21-8-9-23(10)14)7-4-11-2-5-12(6-3-11)16(17,18)19/h2-3,5-6,13,21H,4,7-9H2,1H3. The number of aromatic nitrogens is 2. The van der Waals surface area contributed by atoms with E-state index in [4.69, 9.17) is 0 Å². The van der Waals surface area contributed by atoms with Crippen molar-refractivity contribution >= 4 is 22.6 Å². The summed E-state index contributed by atoms with van der Waals surface area (Å²) in [5.41, 5.74) is 1.52. The van der Waals surface area contributed by atoms with Crippen LogP contribution in [0.2, 0.25) is 0 Å². The summed E-state index contributed by atoms with van der Waals surface area (Å²) in [5, 5.41) is 3.49. The third-order valence-corrected chi connectivity index (χ3v) is 5.01. The second-order valence-electron chi connectivity index (χ2n) is 5.73. The number of nitrogens with one attached hydrogen (secondary N) is 1. The van der Waals surface area contributed by atoms with E-state index in [1.807, 2.05) is 6.92 Å². The topological polar surface area (TPSA) is 29.9 Å². The van der Waals surface area contributed by atoms with Gasteiger partial charge in [0.1, 0.15) is 9.53 Å². The molecule has 3 rings (SSSR count). The first kappa shape index (κ1) is 16.8. The first-order chi connectivity index (χ1) is 10.9. The van der Waals surface area contributed by atoms with Crippen LogP contribution in [0.15, 0.2) is 24.3 Å². The smallest absolute Gasteiger partial charge is 0.329 e. The summed E-state index contributed by atoms with van der Waals surface area (Å²) in [7, 11) is 0. The van der Waals surface area contributed by atoms with Gasteiger partial charge in [0.05, 0.1) is 17.3 Å². The van der Waals surface area contributed by atoms with E-state index < -0.39 is 11.7 Å². The zero-order valence-electron chi connectivity index (χ0n) is 12.6. The minimum Gasteiger partial charge on any atom is -0.329 e. The first-order valence-corrected chi connectivity index (χ1v) is 8.56. The number of nitrogens with zero attached hydrogens (tertiary/aromatic N) is 2. The Balaban J connectivity index is 1.70. The summed E-state index contributed by atoms with van der Waals surface area (Å²) >= 11 is 2.25. The summed E-state index contributed by atoms with van der Waals surface area (Å²) in [4.78, 5) is 4.52. The number of halogens is 4. The van der Waals surface area contributed by atoms with Crippen LogP contribution in [0.25, 0.3) is 0 Å². The van der Waals surface area contributed by atoms with Gasteiger partial charge < -0.3 is 9.88 Å². The summed E-state index contributed by atoms with van der Waals surface area (Å²) < 4.78 is 41.0. The van der Waals surface area contributed by atoms with Crippen LogP contribution >= 0.6 is 22.6 Å². The van der Waals surface area contributed by atoms with Crippen LogP contribution in [0.3, 0.4) is 0 Å². The average Bonchev–Trinajstić information content (AvgIpc) is 2.80. The van der Waals surface area contributed by atoms with Crippen molar-refractivity contribution < 1.29 is 13.2 Å². The molecule has 3 nitrogen and oxygen atoms in total. The van der Waals surface area contributed by atoms with Crippen LogP contribution in [0.1, 0.15) is 35.1 Å². The lowest BCUT2D eigenvalue weighted by Crippen LogP contribution is -2.34. The summed E-state index contributed by atoms with van der Waals surface area (Å²) in [6.07, 6.45) is -2.70. The fourth-order valence-electron chi connectivity index (χ4n) is 3.02. The van der Waals surface area contributed by atoms with Gasteiger partial charge in [-0.05, 0) is 60.1 Å². The number of benzene rings is 1. The molecule has 1 aliphatic rings. The Morgan fingerprint density at radius 3 is 2.65 bits per heavy atom. The Labute approximate surface area is 146 Å². The van der Waals surface area contributed by atoms with Gasteiger partial charge in [-0.15, -0.1) is 0 Å². The fraction of sp³-hybridized carbons (Fsp3) is 0.438. The molecule has 1 N–H and O–H groups in total. The quantitative estimate of drug-likeness (QED) is 0.737. The number of fused-ring (bicyclic) bond motifs is 1. The molecule has 1 aromatic heterocycles. The lowest BCUT2D eigenvalue weighted by atomic mass is 10.0. The fourth-order valence-corrected chi connectivity index (χ4v) is 4.03. The number of rotatable bonds is 3. The lowest BCUT2D eigenvalue weighted by Gasteiger charge is -2.27. The van der Waals surface area contributed by atoms with Gasteiger partial charge in [0.2, 0.25) is 0 Å². The van der Waals surface area contributed by atoms with Crippen molar-refractivity contribution in [2.75, 3.05) is 6.54 Å². The van der Waals surface area contributed by atoms with Crippen LogP contribution in [-0.4, -0.2) is 16.1 Å². The van der Waals surface area contributed by atoms with Gasteiger partial charge in [-0.25, -0.2) is 4.98 Å². The van der Waals surface area contributed by atoms with Gasteiger partial charge in [0, 0.05) is 13.1 Å². The molecule has 0 amide bonds. The Kier molecular flexibility index (Phi) is 4.68. The molecule has 0 aliphatic carbocycles. The van der Waals surface area contributed by atoms with E-state index in [9.17, 15) is 13.2 Å². The largest absolute Gasteiger partial charge is 0.416 e. The molecule has 1 atom stereocenters. The first-order valence-electron chi connectivity index (χ1n) is 7.48. The number of aryl methyl sites for hydroxylation is 2. The molecule has 1 unspecified atom stereocenters. The molecule has 0 saturated carbocycles. The molecule has 0 radical (unpaired) electrons. The van der Waals surface area contributed by atoms with Crippen molar-refractivity contribution in [2.24, 2.45) is 0 Å². The average molecular weight is 435 g/mol. The molecular weight excluding hydrogens is 418 g/mol. The van der Waals surface area contributed by atoms with Crippen LogP contribution in [0.5, 0.6) is 0 Å². The molecule has 0 bridgehead atoms. The molecule has 1 aromatic carbocycles. The van der Waals surface area contributed by atoms with E-state index in [-0.39, 0.29) is 6.04 Å². The highest BCUT2D eigenvalue weighted by Gasteiger charge is 2.30. The molecule has 0 spiro atoms. The Hall–Kier alpha value is -1.09. The third-order valence-electron chi connectivity index (χ3n) is 4.21. The predicted molar refractivity (Wildman–Crippen MR) is 90.2 cm³/mol. The minimum atomic E-state index is -4.27. The Morgan fingerprint density at radius 1 is 1.30 bits per heavy atom. The van der Waals surface area contributed by atoms with Gasteiger partial charge in [-0.1, -0.05) is 12.1 Å². The normalized spacial score (nSPS) is 18.0. The van der Waals surface area contributed by atoms with Crippen molar-refractivity contribution in [3.05, 3.63) is 50.6 Å². The van der Waals surface area contributed by atoms with Crippen LogP contribution in [-0.2, 0) is 19.1 Å². The Bertz CT molecular complexity index is 692. The number of alkyl halides is 3. The second-order valence-corrected chi connectivity index (χ2v) is 6.75. The number of hydrogen-bond acceptors (Lipinski definition) is 2. The van der Waals surface area contributed by atoms with E-state index in [1.54, 1.807) is 12.1 Å². The molecule has 7 heteroatoms.